The van der Waals surface area contributed by atoms with Crippen molar-refractivity contribution in [3.8, 4) is 0 Å². The minimum Gasteiger partial charge on any atom is -0.390 e. The number of amides is 2. The van der Waals surface area contributed by atoms with E-state index in [2.05, 4.69) is 10.3 Å². The molecule has 0 bridgehead atoms. The van der Waals surface area contributed by atoms with Gasteiger partial charge in [-0.25, -0.2) is 8.42 Å². The van der Waals surface area contributed by atoms with Crippen LogP contribution in [0, 0.1) is 11.8 Å². The van der Waals surface area contributed by atoms with Crippen molar-refractivity contribution < 1.29 is 28.2 Å². The number of nitrogens with zero attached hydrogens (tertiary/aromatic N) is 2. The molecule has 0 saturated heterocycles. The summed E-state index contributed by atoms with van der Waals surface area (Å²) in [7, 11) is -3.70. The third-order valence-corrected chi connectivity index (χ3v) is 7.99. The first kappa shape index (κ1) is 31.4. The number of aliphatic hydroxyl groups excluding tert-OH is 2. The van der Waals surface area contributed by atoms with Crippen molar-refractivity contribution in [1.29, 1.82) is 0 Å². The number of hydrogen-bond donors (Lipinski definition) is 3. The van der Waals surface area contributed by atoms with Crippen LogP contribution in [0.1, 0.15) is 62.9 Å². The Balaban J connectivity index is 2.33. The van der Waals surface area contributed by atoms with Crippen molar-refractivity contribution in [2.45, 2.75) is 71.8 Å². The molecule has 0 aliphatic heterocycles. The molecule has 1 aromatic heterocycles. The van der Waals surface area contributed by atoms with Crippen LogP contribution in [0.4, 0.5) is 0 Å². The number of pyridine rings is 1. The fraction of sp³-hybridized carbons (Fsp3) is 0.536. The number of carbonyl (C=O) groups excluding carboxylic acids is 2. The number of aliphatic hydroxyl groups is 2. The lowest BCUT2D eigenvalue weighted by Gasteiger charge is -2.38. The lowest BCUT2D eigenvalue weighted by Crippen LogP contribution is -2.55. The third kappa shape index (κ3) is 9.49. The third-order valence-electron chi connectivity index (χ3n) is 6.41. The van der Waals surface area contributed by atoms with Gasteiger partial charge in [0.2, 0.25) is 5.91 Å². The number of sulfone groups is 1. The van der Waals surface area contributed by atoms with Gasteiger partial charge >= 0.3 is 0 Å². The summed E-state index contributed by atoms with van der Waals surface area (Å²) in [6.45, 7) is 7.37. The molecule has 38 heavy (non-hydrogen) atoms. The number of hydrogen-bond acceptors (Lipinski definition) is 7. The average molecular weight is 548 g/mol. The molecular formula is C28H41N3O6S. The van der Waals surface area contributed by atoms with E-state index in [1.54, 1.807) is 6.07 Å². The lowest BCUT2D eigenvalue weighted by molar-refractivity contribution is -0.133. The minimum absolute atomic E-state index is 0.0494. The van der Waals surface area contributed by atoms with Gasteiger partial charge in [-0.05, 0) is 36.5 Å². The number of unbranched alkanes of at least 4 members (excludes halogenated alkanes) is 1. The Bertz CT molecular complexity index is 1110. The highest BCUT2D eigenvalue weighted by molar-refractivity contribution is 7.91. The number of benzene rings is 1. The largest absolute Gasteiger partial charge is 0.390 e. The Morgan fingerprint density at radius 2 is 1.71 bits per heavy atom. The van der Waals surface area contributed by atoms with E-state index in [0.717, 1.165) is 10.5 Å². The summed E-state index contributed by atoms with van der Waals surface area (Å²) in [4.78, 5) is 31.5. The summed E-state index contributed by atoms with van der Waals surface area (Å²) in [5, 5.41) is 25.2. The van der Waals surface area contributed by atoms with Crippen LogP contribution in [0.25, 0.3) is 0 Å². The average Bonchev–Trinajstić information content (AvgIpc) is 2.91. The quantitative estimate of drug-likeness (QED) is 0.312. The van der Waals surface area contributed by atoms with Crippen molar-refractivity contribution in [3.05, 3.63) is 66.0 Å². The second-order valence-corrected chi connectivity index (χ2v) is 12.3. The van der Waals surface area contributed by atoms with Gasteiger partial charge in [0, 0.05) is 18.9 Å². The minimum atomic E-state index is -3.70. The Labute approximate surface area is 226 Å². The van der Waals surface area contributed by atoms with E-state index >= 15 is 0 Å². The summed E-state index contributed by atoms with van der Waals surface area (Å²) in [6, 6.07) is 11.3. The summed E-state index contributed by atoms with van der Waals surface area (Å²) in [5.74, 6) is -2.87. The monoisotopic (exact) mass is 547 g/mol. The van der Waals surface area contributed by atoms with Crippen molar-refractivity contribution in [1.82, 2.24) is 15.2 Å². The molecule has 0 saturated carbocycles. The molecular weight excluding hydrogens is 506 g/mol. The van der Waals surface area contributed by atoms with E-state index in [1.807, 2.05) is 51.1 Å². The molecule has 2 rings (SSSR count). The zero-order valence-electron chi connectivity index (χ0n) is 22.7. The van der Waals surface area contributed by atoms with E-state index in [1.165, 1.54) is 25.4 Å². The lowest BCUT2D eigenvalue weighted by atomic mass is 9.89. The Morgan fingerprint density at radius 1 is 1.03 bits per heavy atom. The molecule has 0 aliphatic carbocycles. The van der Waals surface area contributed by atoms with Gasteiger partial charge in [-0.2, -0.15) is 0 Å². The van der Waals surface area contributed by atoms with Crippen molar-refractivity contribution in [3.63, 3.8) is 0 Å². The van der Waals surface area contributed by atoms with Gasteiger partial charge in [0.15, 0.2) is 9.84 Å². The predicted molar refractivity (Wildman–Crippen MR) is 147 cm³/mol. The standard InChI is InChI=1S/C28H41N3O6S/c1-5-6-15-38(36,37)19-31(28(35)23-13-10-14-29-18-23)24(16-20(2)3)26(33)25(32)21(4)27(34)30-17-22-11-8-7-9-12-22/h7-14,18,20-21,24-26,32-33H,5-6,15-17,19H2,1-4H3,(H,30,34)/t21-,24+,25-,26-/m1/s1. The van der Waals surface area contributed by atoms with Crippen molar-refractivity contribution >= 4 is 21.7 Å². The van der Waals surface area contributed by atoms with Crippen LogP contribution in [0.2, 0.25) is 0 Å². The summed E-state index contributed by atoms with van der Waals surface area (Å²) < 4.78 is 25.9. The van der Waals surface area contributed by atoms with Gasteiger partial charge in [-0.3, -0.25) is 14.6 Å². The van der Waals surface area contributed by atoms with Gasteiger partial charge in [-0.1, -0.05) is 64.4 Å². The number of rotatable bonds is 15. The van der Waals surface area contributed by atoms with Gasteiger partial charge in [0.05, 0.1) is 29.4 Å². The summed E-state index contributed by atoms with van der Waals surface area (Å²) >= 11 is 0. The molecule has 2 amide bonds. The molecule has 210 valence electrons. The molecule has 0 fully saturated rings. The van der Waals surface area contributed by atoms with Crippen LogP contribution >= 0.6 is 0 Å². The fourth-order valence-corrected chi connectivity index (χ4v) is 5.75. The topological polar surface area (TPSA) is 137 Å². The van der Waals surface area contributed by atoms with Crippen molar-refractivity contribution in [2.75, 3.05) is 11.6 Å². The van der Waals surface area contributed by atoms with Gasteiger partial charge in [0.1, 0.15) is 12.0 Å². The smallest absolute Gasteiger partial charge is 0.256 e. The zero-order valence-corrected chi connectivity index (χ0v) is 23.5. The molecule has 10 heteroatoms. The predicted octanol–water partition coefficient (Wildman–Crippen LogP) is 2.79. The second-order valence-electron chi connectivity index (χ2n) is 10.1. The molecule has 0 unspecified atom stereocenters. The number of nitrogens with one attached hydrogen (secondary N) is 1. The maximum atomic E-state index is 13.6. The van der Waals surface area contributed by atoms with E-state index in [-0.39, 0.29) is 30.2 Å². The molecule has 0 spiro atoms. The Kier molecular flexibility index (Phi) is 12.3. The van der Waals surface area contributed by atoms with Crippen LogP contribution in [-0.2, 0) is 21.2 Å². The Morgan fingerprint density at radius 3 is 2.29 bits per heavy atom. The number of carbonyl (C=O) groups is 2. The highest BCUT2D eigenvalue weighted by Gasteiger charge is 2.40. The van der Waals surface area contributed by atoms with Gasteiger partial charge in [0.25, 0.3) is 5.91 Å². The molecule has 0 aliphatic rings. The maximum Gasteiger partial charge on any atom is 0.256 e. The van der Waals surface area contributed by atoms with Gasteiger partial charge in [-0.15, -0.1) is 0 Å². The molecule has 0 radical (unpaired) electrons. The number of aromatic nitrogens is 1. The van der Waals surface area contributed by atoms with E-state index in [4.69, 9.17) is 0 Å². The summed E-state index contributed by atoms with van der Waals surface area (Å²) in [6.07, 6.45) is 1.04. The van der Waals surface area contributed by atoms with Crippen LogP contribution in [0.5, 0.6) is 0 Å². The zero-order chi connectivity index (χ0) is 28.3. The van der Waals surface area contributed by atoms with E-state index in [9.17, 15) is 28.2 Å². The SMILES string of the molecule is CCCCS(=O)(=O)CN(C(=O)c1cccnc1)[C@@H](CC(C)C)[C@@H](O)[C@H](O)[C@@H](C)C(=O)NCc1ccccc1. The first-order valence-electron chi connectivity index (χ1n) is 13.1. The first-order chi connectivity index (χ1) is 18.0. The molecule has 2 aromatic rings. The molecule has 9 nitrogen and oxygen atoms in total. The highest BCUT2D eigenvalue weighted by atomic mass is 32.2. The van der Waals surface area contributed by atoms with Crippen LogP contribution in [0.3, 0.4) is 0 Å². The Hall–Kier alpha value is -2.82. The van der Waals surface area contributed by atoms with Crippen LogP contribution < -0.4 is 5.32 Å². The van der Waals surface area contributed by atoms with E-state index in [0.29, 0.717) is 12.8 Å². The normalized spacial score (nSPS) is 14.9. The van der Waals surface area contributed by atoms with E-state index < -0.39 is 51.7 Å². The fourth-order valence-electron chi connectivity index (χ4n) is 4.16. The van der Waals surface area contributed by atoms with Crippen molar-refractivity contribution in [2.24, 2.45) is 11.8 Å². The highest BCUT2D eigenvalue weighted by Crippen LogP contribution is 2.24. The van der Waals surface area contributed by atoms with Crippen LogP contribution in [-0.4, -0.2) is 70.2 Å². The molecule has 1 aromatic carbocycles. The maximum absolute atomic E-state index is 13.6. The molecule has 3 N–H and O–H groups in total. The molecule has 1 heterocycles. The van der Waals surface area contributed by atoms with Gasteiger partial charge < -0.3 is 20.4 Å². The first-order valence-corrected chi connectivity index (χ1v) is 14.9. The second kappa shape index (κ2) is 14.9. The van der Waals surface area contributed by atoms with Crippen LogP contribution in [0.15, 0.2) is 54.9 Å². The summed E-state index contributed by atoms with van der Waals surface area (Å²) in [5.41, 5.74) is 1.05. The molecule has 4 atom stereocenters.